The van der Waals surface area contributed by atoms with Gasteiger partial charge >= 0.3 is 6.18 Å². The number of alkyl halides is 3. The van der Waals surface area contributed by atoms with E-state index in [1.165, 1.54) is 31.7 Å². The number of halogens is 3. The van der Waals surface area contributed by atoms with Crippen LogP contribution in [0.25, 0.3) is 0 Å². The molecule has 0 radical (unpaired) electrons. The van der Waals surface area contributed by atoms with Crippen molar-refractivity contribution in [2.45, 2.75) is 68.7 Å². The van der Waals surface area contributed by atoms with E-state index in [1.54, 1.807) is 18.3 Å². The van der Waals surface area contributed by atoms with Crippen LogP contribution in [0.5, 0.6) is 0 Å². The van der Waals surface area contributed by atoms with Crippen LogP contribution in [0.3, 0.4) is 0 Å². The third-order valence-electron chi connectivity index (χ3n) is 8.70. The second-order valence-corrected chi connectivity index (χ2v) is 11.1. The van der Waals surface area contributed by atoms with Crippen LogP contribution in [-0.4, -0.2) is 31.6 Å². The van der Waals surface area contributed by atoms with Crippen molar-refractivity contribution >= 4 is 17.4 Å². The molecule has 1 aliphatic heterocycles. The molecule has 4 fully saturated rings. The summed E-state index contributed by atoms with van der Waals surface area (Å²) < 4.78 is 49.9. The van der Waals surface area contributed by atoms with E-state index in [2.05, 4.69) is 20.8 Å². The number of hydrogen-bond donors (Lipinski definition) is 2. The summed E-state index contributed by atoms with van der Waals surface area (Å²) in [5.74, 6) is 2.14. The minimum atomic E-state index is -4.53. The minimum absolute atomic E-state index is 0.0202. The predicted octanol–water partition coefficient (Wildman–Crippen LogP) is 5.51. The van der Waals surface area contributed by atoms with E-state index in [0.717, 1.165) is 41.7 Å². The molecule has 4 aliphatic carbocycles. The van der Waals surface area contributed by atoms with Gasteiger partial charge in [-0.25, -0.2) is 4.68 Å². The Kier molecular flexibility index (Phi) is 4.66. The lowest BCUT2D eigenvalue weighted by atomic mass is 9.53. The van der Waals surface area contributed by atoms with Crippen LogP contribution in [-0.2, 0) is 5.54 Å². The standard InChI is InChI=1S/C25H27F3N6O2/c26-25(27,28)21-7-19(20-2-1-3-36-20)32-22-18(12-30-34(21)22)23(35)31-17-11-29-33(13-17)24-8-14-4-15(9-24)6-16(5-14)10-24/h1-3,11-16,19,21,32H,4-10H2,(H,31,35)/t14?,15?,16?,19-,21+,24?/m1/s1. The molecule has 8 nitrogen and oxygen atoms in total. The molecule has 190 valence electrons. The summed E-state index contributed by atoms with van der Waals surface area (Å²) in [6.07, 6.45) is 8.63. The van der Waals surface area contributed by atoms with Crippen LogP contribution in [0, 0.1) is 17.8 Å². The highest BCUT2D eigenvalue weighted by molar-refractivity contribution is 6.07. The fraction of sp³-hybridized carbons (Fsp3) is 0.560. The Bertz CT molecular complexity index is 1260. The average molecular weight is 501 g/mol. The van der Waals surface area contributed by atoms with Gasteiger partial charge in [-0.3, -0.25) is 9.48 Å². The van der Waals surface area contributed by atoms with E-state index in [9.17, 15) is 18.0 Å². The summed E-state index contributed by atoms with van der Waals surface area (Å²) in [6, 6.07) is 0.640. The van der Waals surface area contributed by atoms with Crippen LogP contribution in [0.2, 0.25) is 0 Å². The SMILES string of the molecule is O=C(Nc1cnn(C23CC4CC(CC(C4)C2)C3)c1)c1cnn2c1N[C@@H](c1ccco1)C[C@H]2C(F)(F)F. The molecular formula is C25H27F3N6O2. The maximum atomic E-state index is 13.9. The maximum absolute atomic E-state index is 13.9. The van der Waals surface area contributed by atoms with Crippen LogP contribution in [0.4, 0.5) is 24.7 Å². The first-order chi connectivity index (χ1) is 17.3. The molecule has 4 heterocycles. The fourth-order valence-corrected chi connectivity index (χ4v) is 7.60. The molecule has 11 heteroatoms. The van der Waals surface area contributed by atoms with E-state index in [-0.39, 0.29) is 23.3 Å². The third kappa shape index (κ3) is 3.46. The van der Waals surface area contributed by atoms with Gasteiger partial charge in [0.2, 0.25) is 0 Å². The van der Waals surface area contributed by atoms with Crippen molar-refractivity contribution in [1.29, 1.82) is 0 Å². The van der Waals surface area contributed by atoms with E-state index in [4.69, 9.17) is 4.42 Å². The lowest BCUT2D eigenvalue weighted by Crippen LogP contribution is -2.52. The van der Waals surface area contributed by atoms with Crippen molar-refractivity contribution in [3.05, 3.63) is 48.3 Å². The number of furan rings is 1. The zero-order valence-electron chi connectivity index (χ0n) is 19.5. The molecule has 1 amide bonds. The Hall–Kier alpha value is -3.24. The number of amides is 1. The third-order valence-corrected chi connectivity index (χ3v) is 8.70. The Balaban J connectivity index is 1.14. The zero-order chi connectivity index (χ0) is 24.7. The monoisotopic (exact) mass is 500 g/mol. The molecule has 0 spiro atoms. The second kappa shape index (κ2) is 7.63. The summed E-state index contributed by atoms with van der Waals surface area (Å²) in [5, 5.41) is 14.4. The number of anilines is 2. The fourth-order valence-electron chi connectivity index (χ4n) is 7.60. The lowest BCUT2D eigenvalue weighted by molar-refractivity contribution is -0.174. The van der Waals surface area contributed by atoms with Crippen LogP contribution in [0.1, 0.15) is 73.1 Å². The van der Waals surface area contributed by atoms with E-state index in [0.29, 0.717) is 11.4 Å². The number of hydrogen-bond acceptors (Lipinski definition) is 5. The van der Waals surface area contributed by atoms with Crippen LogP contribution < -0.4 is 10.6 Å². The quantitative estimate of drug-likeness (QED) is 0.493. The molecule has 2 atom stereocenters. The summed E-state index contributed by atoms with van der Waals surface area (Å²) in [4.78, 5) is 13.2. The van der Waals surface area contributed by atoms with Gasteiger partial charge in [-0.2, -0.15) is 23.4 Å². The molecular weight excluding hydrogens is 473 g/mol. The Morgan fingerprint density at radius 2 is 1.81 bits per heavy atom. The van der Waals surface area contributed by atoms with Gasteiger partial charge in [0.25, 0.3) is 5.91 Å². The highest BCUT2D eigenvalue weighted by Crippen LogP contribution is 2.58. The van der Waals surface area contributed by atoms with Crippen molar-refractivity contribution in [1.82, 2.24) is 19.6 Å². The predicted molar refractivity (Wildman–Crippen MR) is 123 cm³/mol. The second-order valence-electron chi connectivity index (χ2n) is 11.1. The smallest absolute Gasteiger partial charge is 0.410 e. The normalized spacial score (nSPS) is 32.8. The first kappa shape index (κ1) is 22.0. The van der Waals surface area contributed by atoms with Gasteiger partial charge in [0.1, 0.15) is 17.1 Å². The van der Waals surface area contributed by atoms with Crippen molar-refractivity contribution in [2.24, 2.45) is 17.8 Å². The summed E-state index contributed by atoms with van der Waals surface area (Å²) in [6.45, 7) is 0. The van der Waals surface area contributed by atoms with Crippen molar-refractivity contribution in [3.8, 4) is 0 Å². The van der Waals surface area contributed by atoms with Crippen LogP contribution >= 0.6 is 0 Å². The van der Waals surface area contributed by atoms with E-state index >= 15 is 0 Å². The molecule has 3 aromatic heterocycles. The summed E-state index contributed by atoms with van der Waals surface area (Å²) in [7, 11) is 0. The molecule has 36 heavy (non-hydrogen) atoms. The molecule has 0 aromatic carbocycles. The molecule has 2 N–H and O–H groups in total. The van der Waals surface area contributed by atoms with E-state index in [1.807, 2.05) is 10.9 Å². The van der Waals surface area contributed by atoms with Gasteiger partial charge < -0.3 is 15.1 Å². The average Bonchev–Trinajstić information content (AvgIpc) is 3.57. The van der Waals surface area contributed by atoms with Crippen LogP contribution in [0.15, 0.2) is 41.4 Å². The molecule has 4 bridgehead atoms. The number of fused-ring (bicyclic) bond motifs is 1. The molecule has 3 aromatic rings. The topological polar surface area (TPSA) is 89.9 Å². The Morgan fingerprint density at radius 3 is 2.44 bits per heavy atom. The van der Waals surface area contributed by atoms with Gasteiger partial charge in [-0.15, -0.1) is 0 Å². The number of carbonyl (C=O) groups is 1. The van der Waals surface area contributed by atoms with Gasteiger partial charge in [0, 0.05) is 12.6 Å². The maximum Gasteiger partial charge on any atom is 0.410 e. The number of rotatable bonds is 4. The van der Waals surface area contributed by atoms with Crippen molar-refractivity contribution in [2.75, 3.05) is 10.6 Å². The van der Waals surface area contributed by atoms with Gasteiger partial charge in [0.15, 0.2) is 6.04 Å². The minimum Gasteiger partial charge on any atom is -0.467 e. The molecule has 0 saturated heterocycles. The highest BCUT2D eigenvalue weighted by atomic mass is 19.4. The summed E-state index contributed by atoms with van der Waals surface area (Å²) in [5.41, 5.74) is 0.594. The number of nitrogens with one attached hydrogen (secondary N) is 2. The number of nitrogens with zero attached hydrogens (tertiary/aromatic N) is 4. The molecule has 8 rings (SSSR count). The van der Waals surface area contributed by atoms with Crippen molar-refractivity contribution < 1.29 is 22.4 Å². The van der Waals surface area contributed by atoms with Gasteiger partial charge in [-0.1, -0.05) is 0 Å². The first-order valence-electron chi connectivity index (χ1n) is 12.6. The Morgan fingerprint density at radius 1 is 1.08 bits per heavy atom. The highest BCUT2D eigenvalue weighted by Gasteiger charge is 2.52. The largest absolute Gasteiger partial charge is 0.467 e. The Labute approximate surface area is 205 Å². The van der Waals surface area contributed by atoms with Crippen molar-refractivity contribution in [3.63, 3.8) is 0 Å². The first-order valence-corrected chi connectivity index (χ1v) is 12.6. The number of aromatic nitrogens is 4. The molecule has 0 unspecified atom stereocenters. The molecule has 4 saturated carbocycles. The number of carbonyl (C=O) groups excluding carboxylic acids is 1. The van der Waals surface area contributed by atoms with Gasteiger partial charge in [-0.05, 0) is 68.4 Å². The molecule has 5 aliphatic rings. The lowest BCUT2D eigenvalue weighted by Gasteiger charge is -2.56. The zero-order valence-corrected chi connectivity index (χ0v) is 19.5. The van der Waals surface area contributed by atoms with Gasteiger partial charge in [0.05, 0.1) is 35.9 Å². The van der Waals surface area contributed by atoms with E-state index < -0.39 is 24.2 Å². The summed E-state index contributed by atoms with van der Waals surface area (Å²) >= 11 is 0.